The van der Waals surface area contributed by atoms with Crippen LogP contribution in [-0.4, -0.2) is 52.1 Å². The third-order valence-corrected chi connectivity index (χ3v) is 5.65. The highest BCUT2D eigenvalue weighted by atomic mass is 16.5. The van der Waals surface area contributed by atoms with Crippen molar-refractivity contribution in [2.45, 2.75) is 43.9 Å². The molecule has 0 saturated carbocycles. The Morgan fingerprint density at radius 2 is 2.27 bits per heavy atom. The molecule has 2 aliphatic rings. The number of hydrogen-bond acceptors (Lipinski definition) is 7. The molecule has 0 radical (unpaired) electrons. The maximum atomic E-state index is 5.85. The minimum Gasteiger partial charge on any atom is -0.384 e. The highest BCUT2D eigenvalue weighted by Gasteiger charge is 2.34. The first kappa shape index (κ1) is 17.2. The van der Waals surface area contributed by atoms with Gasteiger partial charge in [0.2, 0.25) is 0 Å². The van der Waals surface area contributed by atoms with E-state index in [0.29, 0.717) is 17.9 Å². The van der Waals surface area contributed by atoms with Crippen molar-refractivity contribution in [3.05, 3.63) is 29.8 Å². The van der Waals surface area contributed by atoms with Crippen molar-refractivity contribution in [1.82, 2.24) is 25.1 Å². The lowest BCUT2D eigenvalue weighted by Gasteiger charge is -2.29. The van der Waals surface area contributed by atoms with Crippen LogP contribution in [0.4, 0.5) is 11.6 Å². The summed E-state index contributed by atoms with van der Waals surface area (Å²) < 4.78 is 7.63. The van der Waals surface area contributed by atoms with Crippen LogP contribution in [0.15, 0.2) is 18.6 Å². The summed E-state index contributed by atoms with van der Waals surface area (Å²) in [7, 11) is 3.80. The van der Waals surface area contributed by atoms with Crippen LogP contribution >= 0.6 is 0 Å². The van der Waals surface area contributed by atoms with Gasteiger partial charge in [-0.25, -0.2) is 9.97 Å². The van der Waals surface area contributed by atoms with E-state index in [4.69, 9.17) is 10.5 Å². The van der Waals surface area contributed by atoms with Crippen molar-refractivity contribution in [3.63, 3.8) is 0 Å². The average Bonchev–Trinajstić information content (AvgIpc) is 3.24. The van der Waals surface area contributed by atoms with Crippen molar-refractivity contribution in [1.29, 1.82) is 0 Å². The number of nitrogens with two attached hydrogens (primary N) is 1. The van der Waals surface area contributed by atoms with Crippen LogP contribution in [0.2, 0.25) is 0 Å². The van der Waals surface area contributed by atoms with E-state index in [1.807, 2.05) is 24.0 Å². The topological polar surface area (TPSA) is 94.1 Å². The maximum Gasteiger partial charge on any atom is 0.134 e. The molecular formula is C18H27N7O. The zero-order chi connectivity index (χ0) is 18.1. The lowest BCUT2D eigenvalue weighted by atomic mass is 9.93. The number of rotatable bonds is 5. The smallest absolute Gasteiger partial charge is 0.134 e. The van der Waals surface area contributed by atoms with E-state index in [0.717, 1.165) is 38.2 Å². The Morgan fingerprint density at radius 1 is 1.38 bits per heavy atom. The van der Waals surface area contributed by atoms with Gasteiger partial charge in [0.05, 0.1) is 12.3 Å². The van der Waals surface area contributed by atoms with Gasteiger partial charge in [-0.3, -0.25) is 4.68 Å². The molecule has 8 nitrogen and oxygen atoms in total. The molecule has 0 aromatic carbocycles. The second kappa shape index (κ2) is 7.20. The van der Waals surface area contributed by atoms with Gasteiger partial charge in [0.25, 0.3) is 0 Å². The molecule has 1 aliphatic heterocycles. The molecule has 4 rings (SSSR count). The Kier molecular flexibility index (Phi) is 4.78. The number of aromatic nitrogens is 4. The monoisotopic (exact) mass is 357 g/mol. The minimum absolute atomic E-state index is 0.207. The Bertz CT molecular complexity index is 762. The molecule has 0 spiro atoms. The minimum atomic E-state index is 0.207. The van der Waals surface area contributed by atoms with Gasteiger partial charge in [0.1, 0.15) is 18.0 Å². The molecule has 1 unspecified atom stereocenters. The summed E-state index contributed by atoms with van der Waals surface area (Å²) in [5.74, 6) is 1.37. The van der Waals surface area contributed by atoms with Crippen LogP contribution in [0.25, 0.3) is 0 Å². The Balaban J connectivity index is 1.48. The van der Waals surface area contributed by atoms with E-state index in [9.17, 15) is 0 Å². The molecule has 0 bridgehead atoms. The molecule has 2 aromatic heterocycles. The predicted molar refractivity (Wildman–Crippen MR) is 99.9 cm³/mol. The Morgan fingerprint density at radius 3 is 3.08 bits per heavy atom. The largest absolute Gasteiger partial charge is 0.384 e. The number of nitrogens with zero attached hydrogens (tertiary/aromatic N) is 5. The average molecular weight is 357 g/mol. The number of nitrogens with one attached hydrogen (secondary N) is 1. The Hall–Kier alpha value is -2.19. The van der Waals surface area contributed by atoms with Gasteiger partial charge >= 0.3 is 0 Å². The van der Waals surface area contributed by atoms with E-state index in [2.05, 4.69) is 25.3 Å². The summed E-state index contributed by atoms with van der Waals surface area (Å²) in [4.78, 5) is 10.7. The molecule has 8 heteroatoms. The fourth-order valence-electron chi connectivity index (χ4n) is 4.23. The third-order valence-electron chi connectivity index (χ3n) is 5.65. The van der Waals surface area contributed by atoms with Crippen molar-refractivity contribution < 1.29 is 4.74 Å². The summed E-state index contributed by atoms with van der Waals surface area (Å²) in [6.45, 7) is 1.70. The van der Waals surface area contributed by atoms with Gasteiger partial charge < -0.3 is 20.7 Å². The van der Waals surface area contributed by atoms with E-state index < -0.39 is 0 Å². The lowest BCUT2D eigenvalue weighted by molar-refractivity contribution is 0.118. The molecular weight excluding hydrogens is 330 g/mol. The highest BCUT2D eigenvalue weighted by Crippen LogP contribution is 2.30. The number of anilines is 2. The summed E-state index contributed by atoms with van der Waals surface area (Å²) in [5.41, 5.74) is 8.55. The molecule has 0 amide bonds. The van der Waals surface area contributed by atoms with Crippen molar-refractivity contribution >= 4 is 11.6 Å². The second-order valence-electron chi connectivity index (χ2n) is 7.22. The van der Waals surface area contributed by atoms with Gasteiger partial charge in [-0.2, -0.15) is 5.10 Å². The van der Waals surface area contributed by atoms with Crippen molar-refractivity contribution in [2.75, 3.05) is 30.8 Å². The third kappa shape index (κ3) is 3.26. The Labute approximate surface area is 153 Å². The van der Waals surface area contributed by atoms with E-state index >= 15 is 0 Å². The van der Waals surface area contributed by atoms with Gasteiger partial charge in [-0.15, -0.1) is 0 Å². The molecule has 26 heavy (non-hydrogen) atoms. The normalized spacial score (nSPS) is 25.5. The molecule has 3 atom stereocenters. The van der Waals surface area contributed by atoms with Crippen LogP contribution < -0.4 is 16.0 Å². The summed E-state index contributed by atoms with van der Waals surface area (Å²) in [6, 6.07) is 2.52. The van der Waals surface area contributed by atoms with Gasteiger partial charge in [0.15, 0.2) is 0 Å². The fourth-order valence-corrected chi connectivity index (χ4v) is 4.23. The summed E-state index contributed by atoms with van der Waals surface area (Å²) in [5, 5.41) is 8.21. The van der Waals surface area contributed by atoms with Crippen molar-refractivity contribution in [3.8, 4) is 0 Å². The maximum absolute atomic E-state index is 5.85. The number of nitrogen functional groups attached to an aromatic ring is 1. The number of ether oxygens (including phenoxy) is 1. The number of fused-ring (bicyclic) bond motifs is 1. The van der Waals surface area contributed by atoms with E-state index in [-0.39, 0.29) is 6.10 Å². The quantitative estimate of drug-likeness (QED) is 0.826. The van der Waals surface area contributed by atoms with Crippen LogP contribution in [0.1, 0.15) is 36.6 Å². The molecule has 1 fully saturated rings. The molecule has 140 valence electrons. The SMILES string of the molecule is CO[C@@H]1C[C@H](CNC2CCCc3c2cnn3C)N(c2cc(N)ncn2)C1. The lowest BCUT2D eigenvalue weighted by Crippen LogP contribution is -2.40. The van der Waals surface area contributed by atoms with Crippen LogP contribution in [0.3, 0.4) is 0 Å². The number of aryl methyl sites for hydroxylation is 1. The molecule has 1 saturated heterocycles. The van der Waals surface area contributed by atoms with Gasteiger partial charge in [-0.05, 0) is 25.7 Å². The van der Waals surface area contributed by atoms with Crippen LogP contribution in [-0.2, 0) is 18.2 Å². The van der Waals surface area contributed by atoms with Gasteiger partial charge in [-0.1, -0.05) is 0 Å². The summed E-state index contributed by atoms with van der Waals surface area (Å²) >= 11 is 0. The fraction of sp³-hybridized carbons (Fsp3) is 0.611. The van der Waals surface area contributed by atoms with Crippen LogP contribution in [0.5, 0.6) is 0 Å². The highest BCUT2D eigenvalue weighted by molar-refractivity contribution is 5.48. The van der Waals surface area contributed by atoms with E-state index in [1.54, 1.807) is 7.11 Å². The van der Waals surface area contributed by atoms with Crippen molar-refractivity contribution in [2.24, 2.45) is 7.05 Å². The number of methoxy groups -OCH3 is 1. The molecule has 3 N–H and O–H groups in total. The first-order valence-corrected chi connectivity index (χ1v) is 9.27. The standard InChI is InChI=1S/C18H27N7O/c1-24-16-5-3-4-15(14(16)9-23-24)20-8-12-6-13(26-2)10-25(12)18-7-17(19)21-11-22-18/h7,9,11-13,15,20H,3-6,8,10H2,1-2H3,(H2,19,21,22)/t12-,13-,15?/m1/s1. The summed E-state index contributed by atoms with van der Waals surface area (Å²) in [6.07, 6.45) is 8.19. The molecule has 3 heterocycles. The number of hydrogen-bond donors (Lipinski definition) is 2. The molecule has 2 aromatic rings. The first-order valence-electron chi connectivity index (χ1n) is 9.27. The zero-order valence-electron chi connectivity index (χ0n) is 15.4. The first-order chi connectivity index (χ1) is 12.7. The molecule has 1 aliphatic carbocycles. The zero-order valence-corrected chi connectivity index (χ0v) is 15.4. The van der Waals surface area contributed by atoms with Crippen LogP contribution in [0, 0.1) is 0 Å². The predicted octanol–water partition coefficient (Wildman–Crippen LogP) is 1.05. The van der Waals surface area contributed by atoms with Gasteiger partial charge in [0, 0.05) is 56.7 Å². The second-order valence-corrected chi connectivity index (χ2v) is 7.22. The van der Waals surface area contributed by atoms with E-state index in [1.165, 1.54) is 24.0 Å².